The van der Waals surface area contributed by atoms with Gasteiger partial charge in [-0.25, -0.2) is 0 Å². The zero-order valence-corrected chi connectivity index (χ0v) is 14.2. The number of aliphatic hydroxyl groups excluding tert-OH is 1. The normalized spacial score (nSPS) is 13.4. The van der Waals surface area contributed by atoms with Crippen LogP contribution in [-0.2, 0) is 0 Å². The van der Waals surface area contributed by atoms with E-state index in [4.69, 9.17) is 4.74 Å². The van der Waals surface area contributed by atoms with Crippen molar-refractivity contribution in [3.05, 3.63) is 47.5 Å². The molecule has 0 heterocycles. The van der Waals surface area contributed by atoms with Gasteiger partial charge in [0.05, 0.1) is 6.10 Å². The number of aliphatic hydroxyl groups is 1. The third kappa shape index (κ3) is 4.76. The minimum absolute atomic E-state index is 0.0863. The van der Waals surface area contributed by atoms with Gasteiger partial charge < -0.3 is 35.8 Å². The van der Waals surface area contributed by atoms with Crippen molar-refractivity contribution < 1.29 is 25.2 Å². The van der Waals surface area contributed by atoms with E-state index in [1.54, 1.807) is 32.3 Å². The molecule has 7 heteroatoms. The van der Waals surface area contributed by atoms with Gasteiger partial charge in [-0.1, -0.05) is 12.1 Å². The first kappa shape index (κ1) is 18.9. The van der Waals surface area contributed by atoms with E-state index in [2.05, 4.69) is 10.6 Å². The van der Waals surface area contributed by atoms with E-state index in [9.17, 15) is 20.4 Å². The van der Waals surface area contributed by atoms with Gasteiger partial charge in [-0.15, -0.1) is 0 Å². The number of phenols is 3. The number of likely N-dealkylation sites (N-methyl/N-ethyl adjacent to an activating group) is 2. The van der Waals surface area contributed by atoms with Crippen LogP contribution in [0.2, 0.25) is 0 Å². The van der Waals surface area contributed by atoms with E-state index < -0.39 is 12.2 Å². The molecular formula is C18H24N2O5. The number of aromatic hydroxyl groups is 3. The number of rotatable bonds is 8. The Bertz CT molecular complexity index is 708. The van der Waals surface area contributed by atoms with Gasteiger partial charge in [0.2, 0.25) is 0 Å². The Kier molecular flexibility index (Phi) is 6.46. The predicted molar refractivity (Wildman–Crippen MR) is 94.1 cm³/mol. The molecule has 2 aromatic carbocycles. The van der Waals surface area contributed by atoms with Gasteiger partial charge in [-0.2, -0.15) is 0 Å². The molecule has 0 aromatic heterocycles. The standard InChI is InChI=1S/C18H24N2O5/c1-19-9-16(24)11-4-6-17(15(23)7-11)25-18(10-20-2)12-3-5-13(21)14(22)8-12/h3-8,16,18-24H,9-10H2,1-2H3. The van der Waals surface area contributed by atoms with E-state index in [1.165, 1.54) is 18.2 Å². The summed E-state index contributed by atoms with van der Waals surface area (Å²) < 4.78 is 5.86. The number of hydrogen-bond acceptors (Lipinski definition) is 7. The number of ether oxygens (including phenoxy) is 1. The highest BCUT2D eigenvalue weighted by molar-refractivity contribution is 5.44. The molecule has 0 saturated heterocycles. The van der Waals surface area contributed by atoms with E-state index in [-0.39, 0.29) is 23.0 Å². The smallest absolute Gasteiger partial charge is 0.161 e. The van der Waals surface area contributed by atoms with E-state index in [0.29, 0.717) is 24.2 Å². The highest BCUT2D eigenvalue weighted by atomic mass is 16.5. The molecular weight excluding hydrogens is 324 g/mol. The summed E-state index contributed by atoms with van der Waals surface area (Å²) >= 11 is 0. The van der Waals surface area contributed by atoms with Gasteiger partial charge in [0.25, 0.3) is 0 Å². The maximum atomic E-state index is 10.2. The fraction of sp³-hybridized carbons (Fsp3) is 0.333. The molecule has 2 rings (SSSR count). The summed E-state index contributed by atoms with van der Waals surface area (Å²) in [5, 5.41) is 45.1. The molecule has 2 aromatic rings. The molecule has 0 aliphatic rings. The SMILES string of the molecule is CNCC(O)c1ccc(OC(CNC)c2ccc(O)c(O)c2)c(O)c1. The molecule has 0 fully saturated rings. The molecule has 0 aliphatic carbocycles. The van der Waals surface area contributed by atoms with Crippen LogP contribution >= 0.6 is 0 Å². The lowest BCUT2D eigenvalue weighted by molar-refractivity contribution is 0.175. The van der Waals surface area contributed by atoms with Crippen molar-refractivity contribution in [2.45, 2.75) is 12.2 Å². The quantitative estimate of drug-likeness (QED) is 0.400. The van der Waals surface area contributed by atoms with Crippen LogP contribution in [0.5, 0.6) is 23.0 Å². The summed E-state index contributed by atoms with van der Waals surface area (Å²) in [5.41, 5.74) is 1.22. The molecule has 0 amide bonds. The van der Waals surface area contributed by atoms with E-state index >= 15 is 0 Å². The Morgan fingerprint density at radius 2 is 1.48 bits per heavy atom. The fourth-order valence-electron chi connectivity index (χ4n) is 2.46. The number of benzene rings is 2. The van der Waals surface area contributed by atoms with Gasteiger partial charge in [0, 0.05) is 13.1 Å². The molecule has 2 atom stereocenters. The predicted octanol–water partition coefficient (Wildman–Crippen LogP) is 1.40. The zero-order chi connectivity index (χ0) is 18.4. The van der Waals surface area contributed by atoms with Crippen molar-refractivity contribution in [2.75, 3.05) is 27.2 Å². The monoisotopic (exact) mass is 348 g/mol. The van der Waals surface area contributed by atoms with Gasteiger partial charge in [-0.3, -0.25) is 0 Å². The molecule has 6 N–H and O–H groups in total. The molecule has 0 saturated carbocycles. The van der Waals surface area contributed by atoms with Crippen LogP contribution in [0.1, 0.15) is 23.3 Å². The molecule has 25 heavy (non-hydrogen) atoms. The van der Waals surface area contributed by atoms with Gasteiger partial charge in [0.1, 0.15) is 6.10 Å². The lowest BCUT2D eigenvalue weighted by Crippen LogP contribution is -2.22. The summed E-state index contributed by atoms with van der Waals surface area (Å²) in [5.74, 6) is -0.278. The Morgan fingerprint density at radius 1 is 0.840 bits per heavy atom. The highest BCUT2D eigenvalue weighted by Crippen LogP contribution is 2.34. The zero-order valence-electron chi connectivity index (χ0n) is 14.2. The Balaban J connectivity index is 2.22. The summed E-state index contributed by atoms with van der Waals surface area (Å²) in [7, 11) is 3.49. The first-order chi connectivity index (χ1) is 12.0. The lowest BCUT2D eigenvalue weighted by Gasteiger charge is -2.21. The third-order valence-corrected chi connectivity index (χ3v) is 3.80. The van der Waals surface area contributed by atoms with Crippen molar-refractivity contribution in [2.24, 2.45) is 0 Å². The molecule has 136 valence electrons. The van der Waals surface area contributed by atoms with Crippen LogP contribution in [0.15, 0.2) is 36.4 Å². The number of phenolic OH excluding ortho intramolecular Hbond substituents is 3. The van der Waals surface area contributed by atoms with Gasteiger partial charge in [0.15, 0.2) is 23.0 Å². The highest BCUT2D eigenvalue weighted by Gasteiger charge is 2.17. The van der Waals surface area contributed by atoms with Gasteiger partial charge in [-0.05, 0) is 49.5 Å². The van der Waals surface area contributed by atoms with Crippen LogP contribution in [0.3, 0.4) is 0 Å². The molecule has 7 nitrogen and oxygen atoms in total. The van der Waals surface area contributed by atoms with Crippen molar-refractivity contribution >= 4 is 0 Å². The molecule has 2 unspecified atom stereocenters. The van der Waals surface area contributed by atoms with Gasteiger partial charge >= 0.3 is 0 Å². The van der Waals surface area contributed by atoms with Crippen LogP contribution in [0.25, 0.3) is 0 Å². The average Bonchev–Trinajstić information content (AvgIpc) is 2.58. The van der Waals surface area contributed by atoms with Crippen LogP contribution in [0, 0.1) is 0 Å². The summed E-state index contributed by atoms with van der Waals surface area (Å²) in [6.07, 6.45) is -1.22. The molecule has 0 aliphatic heterocycles. The number of nitrogens with one attached hydrogen (secondary N) is 2. The average molecular weight is 348 g/mol. The largest absolute Gasteiger partial charge is 0.504 e. The maximum Gasteiger partial charge on any atom is 0.161 e. The van der Waals surface area contributed by atoms with Crippen LogP contribution in [0.4, 0.5) is 0 Å². The van der Waals surface area contributed by atoms with E-state index in [1.807, 2.05) is 0 Å². The van der Waals surface area contributed by atoms with Crippen molar-refractivity contribution in [3.63, 3.8) is 0 Å². The second-order valence-corrected chi connectivity index (χ2v) is 5.71. The summed E-state index contributed by atoms with van der Waals surface area (Å²) in [4.78, 5) is 0. The van der Waals surface area contributed by atoms with Crippen LogP contribution < -0.4 is 15.4 Å². The Labute approximate surface area is 146 Å². The second kappa shape index (κ2) is 8.57. The van der Waals surface area contributed by atoms with E-state index in [0.717, 1.165) is 0 Å². The first-order valence-electron chi connectivity index (χ1n) is 7.95. The molecule has 0 radical (unpaired) electrons. The second-order valence-electron chi connectivity index (χ2n) is 5.71. The Morgan fingerprint density at radius 3 is 2.08 bits per heavy atom. The summed E-state index contributed by atoms with van der Waals surface area (Å²) in [6, 6.07) is 9.17. The summed E-state index contributed by atoms with van der Waals surface area (Å²) in [6.45, 7) is 0.794. The minimum atomic E-state index is -0.730. The van der Waals surface area contributed by atoms with Crippen LogP contribution in [-0.4, -0.2) is 47.6 Å². The first-order valence-corrected chi connectivity index (χ1v) is 7.95. The topological polar surface area (TPSA) is 114 Å². The van der Waals surface area contributed by atoms with Crippen molar-refractivity contribution in [1.82, 2.24) is 10.6 Å². The minimum Gasteiger partial charge on any atom is -0.504 e. The number of hydrogen-bond donors (Lipinski definition) is 6. The maximum absolute atomic E-state index is 10.2. The fourth-order valence-corrected chi connectivity index (χ4v) is 2.46. The van der Waals surface area contributed by atoms with Crippen molar-refractivity contribution in [1.29, 1.82) is 0 Å². The van der Waals surface area contributed by atoms with Crippen molar-refractivity contribution in [3.8, 4) is 23.0 Å². The Hall–Kier alpha value is -2.48. The molecule has 0 spiro atoms. The lowest BCUT2D eigenvalue weighted by atomic mass is 10.1. The molecule has 0 bridgehead atoms. The third-order valence-electron chi connectivity index (χ3n) is 3.80.